The summed E-state index contributed by atoms with van der Waals surface area (Å²) in [5, 5.41) is 16.1. The van der Waals surface area contributed by atoms with Crippen LogP contribution in [0.2, 0.25) is 0 Å². The molecular formula is C10H18N4O. The normalized spacial score (nSPS) is 10.7. The molecule has 1 heterocycles. The van der Waals surface area contributed by atoms with Crippen molar-refractivity contribution in [1.29, 1.82) is 0 Å². The van der Waals surface area contributed by atoms with Gasteiger partial charge in [-0.15, -0.1) is 0 Å². The molecule has 0 saturated heterocycles. The Morgan fingerprint density at radius 1 is 1.73 bits per heavy atom. The number of nitrogens with zero attached hydrogens (tertiary/aromatic N) is 2. The maximum absolute atomic E-state index is 8.82. The Kier molecular flexibility index (Phi) is 3.74. The van der Waals surface area contributed by atoms with E-state index in [2.05, 4.69) is 17.0 Å². The van der Waals surface area contributed by atoms with Gasteiger partial charge in [0, 0.05) is 12.6 Å². The van der Waals surface area contributed by atoms with Gasteiger partial charge < -0.3 is 16.2 Å². The molecule has 0 fully saturated rings. The van der Waals surface area contributed by atoms with Gasteiger partial charge in [-0.1, -0.05) is 6.58 Å². The molecule has 4 N–H and O–H groups in total. The summed E-state index contributed by atoms with van der Waals surface area (Å²) < 4.78 is 1.81. The quantitative estimate of drug-likeness (QED) is 0.634. The molecule has 0 radical (unpaired) electrons. The van der Waals surface area contributed by atoms with Crippen LogP contribution in [0.5, 0.6) is 0 Å². The standard InChI is InChI=1S/C10H18N4O/c1-7(2)14-10(9(11)5-13-14)12-4-8(3)6-15/h5,7,12,15H,3-4,6,11H2,1-2H3. The average Bonchev–Trinajstić information content (AvgIpc) is 2.56. The molecule has 0 aromatic carbocycles. The number of anilines is 2. The molecule has 0 unspecified atom stereocenters. The monoisotopic (exact) mass is 210 g/mol. The lowest BCUT2D eigenvalue weighted by atomic mass is 10.3. The van der Waals surface area contributed by atoms with Crippen LogP contribution in [0.15, 0.2) is 18.3 Å². The lowest BCUT2D eigenvalue weighted by Gasteiger charge is -2.13. The predicted molar refractivity (Wildman–Crippen MR) is 61.7 cm³/mol. The first-order valence-electron chi connectivity index (χ1n) is 4.90. The van der Waals surface area contributed by atoms with E-state index in [9.17, 15) is 0 Å². The molecule has 0 aliphatic carbocycles. The second kappa shape index (κ2) is 4.84. The van der Waals surface area contributed by atoms with Crippen LogP contribution >= 0.6 is 0 Å². The van der Waals surface area contributed by atoms with E-state index in [1.807, 2.05) is 13.8 Å². The Morgan fingerprint density at radius 3 is 2.93 bits per heavy atom. The minimum atomic E-state index is -0.0251. The van der Waals surface area contributed by atoms with Crippen molar-refractivity contribution < 1.29 is 5.11 Å². The number of rotatable bonds is 5. The Labute approximate surface area is 89.6 Å². The zero-order valence-electron chi connectivity index (χ0n) is 9.20. The summed E-state index contributed by atoms with van der Waals surface area (Å²) in [5.41, 5.74) is 7.09. The highest BCUT2D eigenvalue weighted by atomic mass is 16.3. The van der Waals surface area contributed by atoms with E-state index >= 15 is 0 Å². The molecule has 0 bridgehead atoms. The second-order valence-corrected chi connectivity index (χ2v) is 3.75. The molecule has 0 atom stereocenters. The summed E-state index contributed by atoms with van der Waals surface area (Å²) in [6, 6.07) is 0.243. The van der Waals surface area contributed by atoms with Crippen LogP contribution in [0.25, 0.3) is 0 Å². The highest BCUT2D eigenvalue weighted by Gasteiger charge is 2.10. The van der Waals surface area contributed by atoms with Crippen molar-refractivity contribution in [2.75, 3.05) is 24.2 Å². The smallest absolute Gasteiger partial charge is 0.148 e. The summed E-state index contributed by atoms with van der Waals surface area (Å²) in [5.74, 6) is 0.777. The fourth-order valence-corrected chi connectivity index (χ4v) is 1.21. The first kappa shape index (κ1) is 11.6. The van der Waals surface area contributed by atoms with Crippen molar-refractivity contribution in [1.82, 2.24) is 9.78 Å². The number of aliphatic hydroxyl groups is 1. The van der Waals surface area contributed by atoms with Gasteiger partial charge in [0.15, 0.2) is 0 Å². The molecule has 0 amide bonds. The SMILES string of the molecule is C=C(CO)CNc1c(N)cnn1C(C)C. The van der Waals surface area contributed by atoms with E-state index < -0.39 is 0 Å². The van der Waals surface area contributed by atoms with Crippen LogP contribution in [0.1, 0.15) is 19.9 Å². The van der Waals surface area contributed by atoms with Gasteiger partial charge in [-0.25, -0.2) is 4.68 Å². The summed E-state index contributed by atoms with van der Waals surface area (Å²) in [7, 11) is 0. The van der Waals surface area contributed by atoms with Gasteiger partial charge in [-0.3, -0.25) is 0 Å². The van der Waals surface area contributed by atoms with E-state index in [0.717, 1.165) is 5.82 Å². The van der Waals surface area contributed by atoms with Crippen molar-refractivity contribution in [3.8, 4) is 0 Å². The fourth-order valence-electron chi connectivity index (χ4n) is 1.21. The minimum absolute atomic E-state index is 0.0251. The van der Waals surface area contributed by atoms with Crippen molar-refractivity contribution >= 4 is 11.5 Å². The Balaban J connectivity index is 2.74. The van der Waals surface area contributed by atoms with E-state index in [-0.39, 0.29) is 12.6 Å². The third kappa shape index (κ3) is 2.73. The third-order valence-electron chi connectivity index (χ3n) is 2.04. The van der Waals surface area contributed by atoms with Gasteiger partial charge in [-0.05, 0) is 19.4 Å². The third-order valence-corrected chi connectivity index (χ3v) is 2.04. The summed E-state index contributed by atoms with van der Waals surface area (Å²) in [6.45, 7) is 8.22. The summed E-state index contributed by atoms with van der Waals surface area (Å²) >= 11 is 0. The van der Waals surface area contributed by atoms with Crippen LogP contribution in [0.3, 0.4) is 0 Å². The fraction of sp³-hybridized carbons (Fsp3) is 0.500. The molecule has 0 saturated carbocycles. The lowest BCUT2D eigenvalue weighted by molar-refractivity contribution is 0.331. The summed E-state index contributed by atoms with van der Waals surface area (Å²) in [4.78, 5) is 0. The van der Waals surface area contributed by atoms with Gasteiger partial charge >= 0.3 is 0 Å². The lowest BCUT2D eigenvalue weighted by Crippen LogP contribution is -2.14. The largest absolute Gasteiger partial charge is 0.394 e. The number of nitrogens with one attached hydrogen (secondary N) is 1. The molecule has 15 heavy (non-hydrogen) atoms. The van der Waals surface area contributed by atoms with Gasteiger partial charge in [0.05, 0.1) is 18.5 Å². The molecule has 0 aliphatic heterocycles. The predicted octanol–water partition coefficient (Wildman–Crippen LogP) is 1.01. The van der Waals surface area contributed by atoms with Crippen molar-refractivity contribution in [2.45, 2.75) is 19.9 Å². The van der Waals surface area contributed by atoms with E-state index in [1.165, 1.54) is 0 Å². The van der Waals surface area contributed by atoms with Gasteiger partial charge in [-0.2, -0.15) is 5.10 Å². The molecule has 84 valence electrons. The van der Waals surface area contributed by atoms with Crippen LogP contribution in [0.4, 0.5) is 11.5 Å². The van der Waals surface area contributed by atoms with Crippen molar-refractivity contribution in [2.24, 2.45) is 0 Å². The van der Waals surface area contributed by atoms with E-state index in [0.29, 0.717) is 17.8 Å². The van der Waals surface area contributed by atoms with E-state index in [1.54, 1.807) is 10.9 Å². The Hall–Kier alpha value is -1.49. The Bertz CT molecular complexity index is 343. The van der Waals surface area contributed by atoms with E-state index in [4.69, 9.17) is 10.8 Å². The maximum Gasteiger partial charge on any atom is 0.148 e. The first-order chi connectivity index (χ1) is 7.06. The Morgan fingerprint density at radius 2 is 2.40 bits per heavy atom. The van der Waals surface area contributed by atoms with Crippen LogP contribution in [0, 0.1) is 0 Å². The molecule has 5 heteroatoms. The molecule has 0 spiro atoms. The number of nitrogen functional groups attached to an aromatic ring is 1. The molecular weight excluding hydrogens is 192 g/mol. The van der Waals surface area contributed by atoms with Gasteiger partial charge in [0.2, 0.25) is 0 Å². The topological polar surface area (TPSA) is 76.1 Å². The van der Waals surface area contributed by atoms with Gasteiger partial charge in [0.1, 0.15) is 5.82 Å². The first-order valence-corrected chi connectivity index (χ1v) is 4.90. The highest BCUT2D eigenvalue weighted by molar-refractivity contribution is 5.61. The zero-order chi connectivity index (χ0) is 11.4. The molecule has 1 aromatic heterocycles. The number of hydrogen-bond donors (Lipinski definition) is 3. The number of hydrogen-bond acceptors (Lipinski definition) is 4. The second-order valence-electron chi connectivity index (χ2n) is 3.75. The average molecular weight is 210 g/mol. The van der Waals surface area contributed by atoms with Crippen molar-refractivity contribution in [3.63, 3.8) is 0 Å². The number of aromatic nitrogens is 2. The highest BCUT2D eigenvalue weighted by Crippen LogP contribution is 2.21. The zero-order valence-corrected chi connectivity index (χ0v) is 9.20. The minimum Gasteiger partial charge on any atom is -0.394 e. The molecule has 1 rings (SSSR count). The summed E-state index contributed by atoms with van der Waals surface area (Å²) in [6.07, 6.45) is 1.62. The number of aliphatic hydroxyl groups excluding tert-OH is 1. The maximum atomic E-state index is 8.82. The van der Waals surface area contributed by atoms with Crippen molar-refractivity contribution in [3.05, 3.63) is 18.3 Å². The van der Waals surface area contributed by atoms with Crippen LogP contribution in [-0.4, -0.2) is 28.0 Å². The van der Waals surface area contributed by atoms with Gasteiger partial charge in [0.25, 0.3) is 0 Å². The molecule has 0 aliphatic rings. The van der Waals surface area contributed by atoms with Crippen LogP contribution in [-0.2, 0) is 0 Å². The molecule has 5 nitrogen and oxygen atoms in total. The molecule has 1 aromatic rings. The van der Waals surface area contributed by atoms with Crippen LogP contribution < -0.4 is 11.1 Å². The number of nitrogens with two attached hydrogens (primary N) is 1.